The first-order valence-electron chi connectivity index (χ1n) is 6.19. The summed E-state index contributed by atoms with van der Waals surface area (Å²) in [7, 11) is 0. The molecule has 3 rings (SSSR count). The summed E-state index contributed by atoms with van der Waals surface area (Å²) in [5.41, 5.74) is 0.911. The van der Waals surface area contributed by atoms with E-state index in [2.05, 4.69) is 20.9 Å². The predicted octanol–water partition coefficient (Wildman–Crippen LogP) is 3.40. The fourth-order valence-electron chi connectivity index (χ4n) is 2.21. The Balaban J connectivity index is 2.41. The Hall–Kier alpha value is -1.85. The first kappa shape index (κ1) is 14.1. The zero-order valence-corrected chi connectivity index (χ0v) is 13.3. The average molecular weight is 366 g/mol. The van der Waals surface area contributed by atoms with E-state index in [9.17, 15) is 9.59 Å². The smallest absolute Gasteiger partial charge is 0.305 e. The average Bonchev–Trinajstić information content (AvgIpc) is 2.44. The standard InChI is InChI=1S/C15H10BrClN2O2/c1-8-7-9(5-6-11(8)16)19-14(20)10-3-2-4-12(17)13(10)18-15(19)21/h2-7H,1H3,(H,18,21). The fraction of sp³-hybridized carbons (Fsp3) is 0.0667. The monoisotopic (exact) mass is 364 g/mol. The van der Waals surface area contributed by atoms with Crippen molar-refractivity contribution >= 4 is 38.4 Å². The number of hydrogen-bond donors (Lipinski definition) is 1. The summed E-state index contributed by atoms with van der Waals surface area (Å²) in [4.78, 5) is 27.5. The van der Waals surface area contributed by atoms with Crippen molar-refractivity contribution < 1.29 is 0 Å². The molecule has 0 atom stereocenters. The number of rotatable bonds is 1. The number of hydrogen-bond acceptors (Lipinski definition) is 2. The van der Waals surface area contributed by atoms with E-state index in [1.807, 2.05) is 6.92 Å². The Morgan fingerprint density at radius 3 is 2.67 bits per heavy atom. The Morgan fingerprint density at radius 2 is 1.95 bits per heavy atom. The van der Waals surface area contributed by atoms with E-state index in [-0.39, 0.29) is 0 Å². The Kier molecular flexibility index (Phi) is 3.47. The van der Waals surface area contributed by atoms with Crippen LogP contribution in [0.3, 0.4) is 0 Å². The molecule has 1 N–H and O–H groups in total. The van der Waals surface area contributed by atoms with E-state index in [1.165, 1.54) is 0 Å². The van der Waals surface area contributed by atoms with Crippen molar-refractivity contribution in [2.75, 3.05) is 0 Å². The number of para-hydroxylation sites is 1. The lowest BCUT2D eigenvalue weighted by atomic mass is 10.2. The number of fused-ring (bicyclic) bond motifs is 1. The molecule has 0 spiro atoms. The van der Waals surface area contributed by atoms with Crippen LogP contribution in [-0.2, 0) is 0 Å². The normalized spacial score (nSPS) is 11.0. The number of aromatic nitrogens is 2. The molecule has 106 valence electrons. The maximum atomic E-state index is 12.6. The van der Waals surface area contributed by atoms with Crippen molar-refractivity contribution in [1.29, 1.82) is 0 Å². The number of aromatic amines is 1. The van der Waals surface area contributed by atoms with Crippen LogP contribution in [0.15, 0.2) is 50.5 Å². The van der Waals surface area contributed by atoms with Gasteiger partial charge < -0.3 is 4.98 Å². The van der Waals surface area contributed by atoms with Gasteiger partial charge in [-0.05, 0) is 42.8 Å². The van der Waals surface area contributed by atoms with Crippen LogP contribution in [0.5, 0.6) is 0 Å². The number of H-pyrrole nitrogens is 1. The SMILES string of the molecule is Cc1cc(-n2c(=O)[nH]c3c(Cl)cccc3c2=O)ccc1Br. The van der Waals surface area contributed by atoms with E-state index in [0.29, 0.717) is 21.6 Å². The number of benzene rings is 2. The van der Waals surface area contributed by atoms with Crippen molar-refractivity contribution in [3.8, 4) is 5.69 Å². The Labute approximate surface area is 133 Å². The summed E-state index contributed by atoms with van der Waals surface area (Å²) in [5, 5.41) is 0.725. The van der Waals surface area contributed by atoms with E-state index in [1.54, 1.807) is 36.4 Å². The third-order valence-corrected chi connectivity index (χ3v) is 4.49. The summed E-state index contributed by atoms with van der Waals surface area (Å²) >= 11 is 9.42. The van der Waals surface area contributed by atoms with Gasteiger partial charge in [0.05, 0.1) is 21.6 Å². The van der Waals surface area contributed by atoms with Crippen molar-refractivity contribution in [3.05, 3.63) is 72.3 Å². The molecule has 1 aromatic heterocycles. The molecule has 3 aromatic rings. The summed E-state index contributed by atoms with van der Waals surface area (Å²) < 4.78 is 2.03. The molecule has 0 bridgehead atoms. The number of nitrogens with zero attached hydrogens (tertiary/aromatic N) is 1. The van der Waals surface area contributed by atoms with Crippen LogP contribution in [0, 0.1) is 6.92 Å². The first-order chi connectivity index (χ1) is 9.99. The minimum absolute atomic E-state index is 0.348. The van der Waals surface area contributed by atoms with Gasteiger partial charge in [-0.2, -0.15) is 0 Å². The molecule has 0 radical (unpaired) electrons. The molecule has 0 aliphatic carbocycles. The van der Waals surface area contributed by atoms with Crippen molar-refractivity contribution in [3.63, 3.8) is 0 Å². The summed E-state index contributed by atoms with van der Waals surface area (Å²) in [6.07, 6.45) is 0. The maximum absolute atomic E-state index is 12.6. The third kappa shape index (κ3) is 2.32. The number of aryl methyl sites for hydroxylation is 1. The Bertz CT molecular complexity index is 976. The molecular formula is C15H10BrClN2O2. The van der Waals surface area contributed by atoms with Crippen molar-refractivity contribution in [1.82, 2.24) is 9.55 Å². The van der Waals surface area contributed by atoms with Crippen LogP contribution in [0.2, 0.25) is 5.02 Å². The second-order valence-electron chi connectivity index (χ2n) is 4.67. The van der Waals surface area contributed by atoms with Crippen LogP contribution >= 0.6 is 27.5 Å². The Morgan fingerprint density at radius 1 is 1.19 bits per heavy atom. The summed E-state index contributed by atoms with van der Waals surface area (Å²) in [6.45, 7) is 1.89. The van der Waals surface area contributed by atoms with Gasteiger partial charge in [-0.1, -0.05) is 33.6 Å². The van der Waals surface area contributed by atoms with Crippen LogP contribution in [0.4, 0.5) is 0 Å². The molecule has 6 heteroatoms. The lowest BCUT2D eigenvalue weighted by Crippen LogP contribution is -2.33. The molecule has 0 unspecified atom stereocenters. The van der Waals surface area contributed by atoms with Crippen LogP contribution in [0.25, 0.3) is 16.6 Å². The zero-order valence-electron chi connectivity index (χ0n) is 11.0. The molecule has 2 aromatic carbocycles. The molecule has 0 saturated heterocycles. The van der Waals surface area contributed by atoms with E-state index >= 15 is 0 Å². The van der Waals surface area contributed by atoms with Gasteiger partial charge in [0, 0.05) is 4.47 Å². The lowest BCUT2D eigenvalue weighted by molar-refractivity contribution is 0.899. The molecule has 0 fully saturated rings. The minimum Gasteiger partial charge on any atom is -0.305 e. The van der Waals surface area contributed by atoms with Gasteiger partial charge >= 0.3 is 5.69 Å². The van der Waals surface area contributed by atoms with Gasteiger partial charge in [0.25, 0.3) is 5.56 Å². The molecule has 1 heterocycles. The van der Waals surface area contributed by atoms with Gasteiger partial charge in [0.2, 0.25) is 0 Å². The molecule has 0 aliphatic heterocycles. The highest BCUT2D eigenvalue weighted by Gasteiger charge is 2.11. The maximum Gasteiger partial charge on any atom is 0.333 e. The zero-order chi connectivity index (χ0) is 15.1. The van der Waals surface area contributed by atoms with Crippen LogP contribution in [-0.4, -0.2) is 9.55 Å². The number of halogens is 2. The lowest BCUT2D eigenvalue weighted by Gasteiger charge is -2.08. The van der Waals surface area contributed by atoms with Gasteiger partial charge in [-0.15, -0.1) is 0 Å². The highest BCUT2D eigenvalue weighted by atomic mass is 79.9. The van der Waals surface area contributed by atoms with E-state index in [0.717, 1.165) is 14.6 Å². The first-order valence-corrected chi connectivity index (χ1v) is 7.36. The minimum atomic E-state index is -0.512. The molecule has 4 nitrogen and oxygen atoms in total. The summed E-state index contributed by atoms with van der Waals surface area (Å²) in [6, 6.07) is 10.2. The van der Waals surface area contributed by atoms with E-state index < -0.39 is 11.2 Å². The highest BCUT2D eigenvalue weighted by Crippen LogP contribution is 2.20. The second-order valence-corrected chi connectivity index (χ2v) is 5.93. The van der Waals surface area contributed by atoms with Gasteiger partial charge in [-0.25, -0.2) is 9.36 Å². The highest BCUT2D eigenvalue weighted by molar-refractivity contribution is 9.10. The summed E-state index contributed by atoms with van der Waals surface area (Å²) in [5.74, 6) is 0. The van der Waals surface area contributed by atoms with Gasteiger partial charge in [0.15, 0.2) is 0 Å². The topological polar surface area (TPSA) is 54.9 Å². The molecule has 0 amide bonds. The molecule has 0 aliphatic rings. The van der Waals surface area contributed by atoms with E-state index in [4.69, 9.17) is 11.6 Å². The quantitative estimate of drug-likeness (QED) is 0.718. The van der Waals surface area contributed by atoms with Gasteiger partial charge in [0.1, 0.15) is 0 Å². The van der Waals surface area contributed by atoms with Crippen LogP contribution < -0.4 is 11.2 Å². The predicted molar refractivity (Wildman–Crippen MR) is 87.6 cm³/mol. The number of nitrogens with one attached hydrogen (secondary N) is 1. The molecular weight excluding hydrogens is 356 g/mol. The third-order valence-electron chi connectivity index (χ3n) is 3.28. The largest absolute Gasteiger partial charge is 0.333 e. The second kappa shape index (κ2) is 5.16. The van der Waals surface area contributed by atoms with Crippen LogP contribution in [0.1, 0.15) is 5.56 Å². The van der Waals surface area contributed by atoms with Gasteiger partial charge in [-0.3, -0.25) is 4.79 Å². The van der Waals surface area contributed by atoms with Crippen molar-refractivity contribution in [2.45, 2.75) is 6.92 Å². The fourth-order valence-corrected chi connectivity index (χ4v) is 2.68. The van der Waals surface area contributed by atoms with Crippen molar-refractivity contribution in [2.24, 2.45) is 0 Å². The molecule has 0 saturated carbocycles. The molecule has 21 heavy (non-hydrogen) atoms.